The van der Waals surface area contributed by atoms with Crippen molar-refractivity contribution in [2.24, 2.45) is 0 Å². The van der Waals surface area contributed by atoms with Gasteiger partial charge in [-0.25, -0.2) is 4.98 Å². The summed E-state index contributed by atoms with van der Waals surface area (Å²) >= 11 is 3.54. The molecule has 0 spiro atoms. The summed E-state index contributed by atoms with van der Waals surface area (Å²) in [7, 11) is 0. The molecule has 2 aromatic rings. The van der Waals surface area contributed by atoms with Crippen LogP contribution in [0.3, 0.4) is 0 Å². The molecule has 1 aromatic carbocycles. The number of anilines is 3. The molecule has 1 unspecified atom stereocenters. The fraction of sp³-hybridized carbons (Fsp3) is 0.474. The number of nitrogens with one attached hydrogen (secondary N) is 1. The lowest BCUT2D eigenvalue weighted by Crippen LogP contribution is -2.40. The highest BCUT2D eigenvalue weighted by Gasteiger charge is 2.23. The van der Waals surface area contributed by atoms with Crippen LogP contribution in [0.5, 0.6) is 0 Å². The molecule has 0 amide bonds. The Morgan fingerprint density at radius 2 is 2.04 bits per heavy atom. The second-order valence-corrected chi connectivity index (χ2v) is 7.39. The molecule has 1 N–H and O–H groups in total. The van der Waals surface area contributed by atoms with Gasteiger partial charge in [-0.15, -0.1) is 0 Å². The number of hydrogen-bond donors (Lipinski definition) is 1. The molecule has 1 fully saturated rings. The van der Waals surface area contributed by atoms with E-state index in [1.54, 1.807) is 0 Å². The summed E-state index contributed by atoms with van der Waals surface area (Å²) in [6.07, 6.45) is 4.92. The zero-order valence-corrected chi connectivity index (χ0v) is 16.2. The number of aryl methyl sites for hydroxylation is 2. The van der Waals surface area contributed by atoms with Gasteiger partial charge in [-0.05, 0) is 63.3 Å². The van der Waals surface area contributed by atoms with Gasteiger partial charge in [-0.3, -0.25) is 0 Å². The average molecular weight is 389 g/mol. The van der Waals surface area contributed by atoms with Gasteiger partial charge in [0, 0.05) is 34.5 Å². The number of benzene rings is 1. The highest BCUT2D eigenvalue weighted by Crippen LogP contribution is 2.27. The second kappa shape index (κ2) is 7.51. The van der Waals surface area contributed by atoms with Crippen LogP contribution < -0.4 is 10.2 Å². The van der Waals surface area contributed by atoms with Crippen LogP contribution in [0.1, 0.15) is 43.9 Å². The summed E-state index contributed by atoms with van der Waals surface area (Å²) < 4.78 is 1.12. The van der Waals surface area contributed by atoms with Gasteiger partial charge in [0.05, 0.1) is 0 Å². The number of hydrogen-bond acceptors (Lipinski definition) is 4. The third kappa shape index (κ3) is 3.89. The molecule has 24 heavy (non-hydrogen) atoms. The zero-order chi connectivity index (χ0) is 17.1. The Kier molecular flexibility index (Phi) is 5.39. The van der Waals surface area contributed by atoms with Crippen molar-refractivity contribution in [1.82, 2.24) is 9.97 Å². The smallest absolute Gasteiger partial charge is 0.227 e. The fourth-order valence-electron chi connectivity index (χ4n) is 3.30. The van der Waals surface area contributed by atoms with Crippen molar-refractivity contribution < 1.29 is 0 Å². The maximum absolute atomic E-state index is 4.79. The third-order valence-corrected chi connectivity index (χ3v) is 5.52. The van der Waals surface area contributed by atoms with Crippen LogP contribution >= 0.6 is 15.9 Å². The summed E-state index contributed by atoms with van der Waals surface area (Å²) in [5.74, 6) is 1.72. The van der Waals surface area contributed by atoms with E-state index in [2.05, 4.69) is 58.2 Å². The van der Waals surface area contributed by atoms with Gasteiger partial charge in [0.1, 0.15) is 5.82 Å². The van der Waals surface area contributed by atoms with Crippen LogP contribution in [0.15, 0.2) is 28.7 Å². The molecule has 2 heterocycles. The van der Waals surface area contributed by atoms with Crippen LogP contribution in [-0.4, -0.2) is 22.6 Å². The van der Waals surface area contributed by atoms with Crippen LogP contribution in [0.25, 0.3) is 0 Å². The lowest BCUT2D eigenvalue weighted by molar-refractivity contribution is 0.443. The number of halogens is 1. The van der Waals surface area contributed by atoms with E-state index in [-0.39, 0.29) is 0 Å². The molecule has 0 radical (unpaired) electrons. The molecular weight excluding hydrogens is 364 g/mol. The molecule has 1 aliphatic rings. The Hall–Kier alpha value is -1.62. The van der Waals surface area contributed by atoms with Crippen LogP contribution in [0, 0.1) is 13.8 Å². The van der Waals surface area contributed by atoms with E-state index in [4.69, 9.17) is 9.97 Å². The van der Waals surface area contributed by atoms with E-state index in [1.165, 1.54) is 24.8 Å². The van der Waals surface area contributed by atoms with Crippen molar-refractivity contribution in [2.45, 2.75) is 52.5 Å². The minimum atomic E-state index is 0.559. The molecule has 1 atom stereocenters. The van der Waals surface area contributed by atoms with Crippen molar-refractivity contribution in [2.75, 3.05) is 16.8 Å². The first kappa shape index (κ1) is 17.2. The number of piperidine rings is 1. The van der Waals surface area contributed by atoms with Crippen molar-refractivity contribution in [1.29, 1.82) is 0 Å². The average Bonchev–Trinajstić information content (AvgIpc) is 2.57. The Morgan fingerprint density at radius 3 is 2.79 bits per heavy atom. The standard InChI is InChI=1S/C19H25BrN4/c1-4-16-7-5-6-10-24(16)19-21-14(3)12-18(23-19)22-15-8-9-17(20)13(2)11-15/h8-9,11-12,16H,4-7,10H2,1-3H3,(H,21,22,23). The molecule has 0 aliphatic carbocycles. The normalized spacial score (nSPS) is 17.8. The van der Waals surface area contributed by atoms with Crippen LogP contribution in [0.2, 0.25) is 0 Å². The van der Waals surface area contributed by atoms with E-state index < -0.39 is 0 Å². The number of aromatic nitrogens is 2. The van der Waals surface area contributed by atoms with Gasteiger partial charge in [-0.1, -0.05) is 22.9 Å². The number of rotatable bonds is 4. The molecule has 1 aliphatic heterocycles. The Balaban J connectivity index is 1.86. The molecule has 128 valence electrons. The molecule has 3 rings (SSSR count). The molecule has 0 bridgehead atoms. The lowest BCUT2D eigenvalue weighted by atomic mass is 10.0. The molecular formula is C19H25BrN4. The first-order valence-corrected chi connectivity index (χ1v) is 9.51. The first-order chi connectivity index (χ1) is 11.6. The third-order valence-electron chi connectivity index (χ3n) is 4.63. The SMILES string of the molecule is CCC1CCCCN1c1nc(C)cc(Nc2ccc(Br)c(C)c2)n1. The maximum atomic E-state index is 4.79. The predicted octanol–water partition coefficient (Wildman–Crippen LogP) is 5.37. The summed E-state index contributed by atoms with van der Waals surface area (Å²) in [6, 6.07) is 8.81. The first-order valence-electron chi connectivity index (χ1n) is 8.72. The van der Waals surface area contributed by atoms with E-state index >= 15 is 0 Å². The quantitative estimate of drug-likeness (QED) is 0.764. The van der Waals surface area contributed by atoms with Crippen molar-refractivity contribution in [3.8, 4) is 0 Å². The van der Waals surface area contributed by atoms with Gasteiger partial charge in [0.2, 0.25) is 5.95 Å². The molecule has 0 saturated carbocycles. The summed E-state index contributed by atoms with van der Waals surface area (Å²) in [5, 5.41) is 3.43. The van der Waals surface area contributed by atoms with E-state index in [0.29, 0.717) is 6.04 Å². The predicted molar refractivity (Wildman–Crippen MR) is 104 cm³/mol. The Labute approximate surface area is 152 Å². The van der Waals surface area contributed by atoms with Gasteiger partial charge in [0.15, 0.2) is 0 Å². The highest BCUT2D eigenvalue weighted by molar-refractivity contribution is 9.10. The summed E-state index contributed by atoms with van der Waals surface area (Å²) in [6.45, 7) is 7.43. The number of nitrogens with zero attached hydrogens (tertiary/aromatic N) is 3. The molecule has 1 aromatic heterocycles. The second-order valence-electron chi connectivity index (χ2n) is 6.53. The van der Waals surface area contributed by atoms with Crippen molar-refractivity contribution in [3.05, 3.63) is 40.0 Å². The van der Waals surface area contributed by atoms with E-state index in [1.807, 2.05) is 13.0 Å². The zero-order valence-electron chi connectivity index (χ0n) is 14.6. The topological polar surface area (TPSA) is 41.1 Å². The van der Waals surface area contributed by atoms with Gasteiger partial charge < -0.3 is 10.2 Å². The van der Waals surface area contributed by atoms with E-state index in [0.717, 1.165) is 40.6 Å². The lowest BCUT2D eigenvalue weighted by Gasteiger charge is -2.35. The van der Waals surface area contributed by atoms with Crippen LogP contribution in [0.4, 0.5) is 17.5 Å². The fourth-order valence-corrected chi connectivity index (χ4v) is 3.55. The summed E-state index contributed by atoms with van der Waals surface area (Å²) in [5.41, 5.74) is 3.25. The minimum absolute atomic E-state index is 0.559. The van der Waals surface area contributed by atoms with Gasteiger partial charge in [0.25, 0.3) is 0 Å². The van der Waals surface area contributed by atoms with Crippen molar-refractivity contribution in [3.63, 3.8) is 0 Å². The minimum Gasteiger partial charge on any atom is -0.340 e. The summed E-state index contributed by atoms with van der Waals surface area (Å²) in [4.78, 5) is 11.9. The molecule has 1 saturated heterocycles. The Bertz CT molecular complexity index is 717. The molecule has 5 heteroatoms. The van der Waals surface area contributed by atoms with Crippen molar-refractivity contribution >= 4 is 33.4 Å². The maximum Gasteiger partial charge on any atom is 0.227 e. The largest absolute Gasteiger partial charge is 0.340 e. The van der Waals surface area contributed by atoms with Crippen LogP contribution in [-0.2, 0) is 0 Å². The molecule has 4 nitrogen and oxygen atoms in total. The van der Waals surface area contributed by atoms with E-state index in [9.17, 15) is 0 Å². The Morgan fingerprint density at radius 1 is 1.21 bits per heavy atom. The van der Waals surface area contributed by atoms with Gasteiger partial charge in [-0.2, -0.15) is 4.98 Å². The monoisotopic (exact) mass is 388 g/mol. The van der Waals surface area contributed by atoms with Gasteiger partial charge >= 0.3 is 0 Å². The highest BCUT2D eigenvalue weighted by atomic mass is 79.9.